The molecule has 0 radical (unpaired) electrons. The zero-order chi connectivity index (χ0) is 27.1. The third-order valence-corrected chi connectivity index (χ3v) is 6.88. The molecule has 0 unspecified atom stereocenters. The summed E-state index contributed by atoms with van der Waals surface area (Å²) in [6.07, 6.45) is 0. The first-order valence-corrected chi connectivity index (χ1v) is 13.2. The van der Waals surface area contributed by atoms with Gasteiger partial charge in [-0.05, 0) is 49.2 Å². The van der Waals surface area contributed by atoms with Gasteiger partial charge in [-0.3, -0.25) is 9.59 Å². The molecule has 3 rings (SSSR count). The van der Waals surface area contributed by atoms with Crippen molar-refractivity contribution < 1.29 is 19.1 Å². The number of ether oxygens (including phenoxy) is 1. The lowest BCUT2D eigenvalue weighted by Crippen LogP contribution is -2.34. The molecular weight excluding hydrogens is 537 g/mol. The number of aromatic nitrogens is 3. The van der Waals surface area contributed by atoms with Crippen molar-refractivity contribution in [2.24, 2.45) is 5.92 Å². The van der Waals surface area contributed by atoms with Crippen molar-refractivity contribution in [2.45, 2.75) is 38.5 Å². The van der Waals surface area contributed by atoms with Crippen LogP contribution in [-0.4, -0.2) is 45.4 Å². The van der Waals surface area contributed by atoms with Gasteiger partial charge in [0.15, 0.2) is 11.0 Å². The summed E-state index contributed by atoms with van der Waals surface area (Å²) in [4.78, 5) is 37.2. The highest BCUT2D eigenvalue weighted by Crippen LogP contribution is 2.27. The topological polar surface area (TPSA) is 115 Å². The molecule has 37 heavy (non-hydrogen) atoms. The first-order chi connectivity index (χ1) is 17.6. The van der Waals surface area contributed by atoms with Gasteiger partial charge in [-0.2, -0.15) is 0 Å². The summed E-state index contributed by atoms with van der Waals surface area (Å²) < 4.78 is 6.58. The number of thioether (sulfide) groups is 1. The van der Waals surface area contributed by atoms with Gasteiger partial charge in [0, 0.05) is 17.3 Å². The summed E-state index contributed by atoms with van der Waals surface area (Å²) in [5, 5.41) is 15.6. The molecule has 2 amide bonds. The molecule has 1 atom stereocenters. The van der Waals surface area contributed by atoms with E-state index in [-0.39, 0.29) is 28.5 Å². The lowest BCUT2D eigenvalue weighted by atomic mass is 10.0. The van der Waals surface area contributed by atoms with E-state index in [1.165, 1.54) is 24.9 Å². The third kappa shape index (κ3) is 7.24. The quantitative estimate of drug-likeness (QED) is 0.255. The molecule has 0 aliphatic carbocycles. The second-order valence-corrected chi connectivity index (χ2v) is 10.1. The van der Waals surface area contributed by atoms with Gasteiger partial charge in [0.25, 0.3) is 5.91 Å². The Morgan fingerprint density at radius 1 is 1.11 bits per heavy atom. The van der Waals surface area contributed by atoms with E-state index >= 15 is 0 Å². The predicted molar refractivity (Wildman–Crippen MR) is 144 cm³/mol. The standard InChI is InChI=1S/C25H27Cl2N5O4S/c1-5-32-22(21(14(2)3)29-23(34)18-10-9-16(26)12-19(18)27)30-31-25(32)37-13-20(33)28-17-8-6-7-15(11-17)24(35)36-4/h6-12,14,21H,5,13H2,1-4H3,(H,28,33)(H,29,34)/t21-/m1/s1. The zero-order valence-electron chi connectivity index (χ0n) is 20.7. The van der Waals surface area contributed by atoms with Gasteiger partial charge in [-0.1, -0.05) is 54.9 Å². The van der Waals surface area contributed by atoms with Crippen LogP contribution in [0.2, 0.25) is 10.0 Å². The van der Waals surface area contributed by atoms with Gasteiger partial charge in [0.05, 0.1) is 35.1 Å². The fourth-order valence-corrected chi connectivity index (χ4v) is 4.83. The number of benzene rings is 2. The molecule has 0 aliphatic heterocycles. The number of methoxy groups -OCH3 is 1. The summed E-state index contributed by atoms with van der Waals surface area (Å²) >= 11 is 13.4. The molecule has 12 heteroatoms. The molecule has 2 aromatic carbocycles. The van der Waals surface area contributed by atoms with Crippen LogP contribution in [0.4, 0.5) is 5.69 Å². The van der Waals surface area contributed by atoms with Crippen LogP contribution in [0.5, 0.6) is 0 Å². The van der Waals surface area contributed by atoms with E-state index in [0.717, 1.165) is 0 Å². The van der Waals surface area contributed by atoms with Gasteiger partial charge in [0.1, 0.15) is 0 Å². The highest BCUT2D eigenvalue weighted by molar-refractivity contribution is 7.99. The van der Waals surface area contributed by atoms with E-state index < -0.39 is 12.0 Å². The van der Waals surface area contributed by atoms with E-state index in [0.29, 0.717) is 39.4 Å². The fourth-order valence-electron chi connectivity index (χ4n) is 3.53. The van der Waals surface area contributed by atoms with Crippen LogP contribution in [0.25, 0.3) is 0 Å². The summed E-state index contributed by atoms with van der Waals surface area (Å²) in [7, 11) is 1.30. The first-order valence-electron chi connectivity index (χ1n) is 11.4. The van der Waals surface area contributed by atoms with Gasteiger partial charge < -0.3 is 19.9 Å². The Hall–Kier alpha value is -3.08. The number of carbonyl (C=O) groups is 3. The first kappa shape index (κ1) is 28.5. The van der Waals surface area contributed by atoms with Gasteiger partial charge in [-0.15, -0.1) is 10.2 Å². The fraction of sp³-hybridized carbons (Fsp3) is 0.320. The Morgan fingerprint density at radius 3 is 2.51 bits per heavy atom. The van der Waals surface area contributed by atoms with E-state index in [4.69, 9.17) is 27.9 Å². The number of anilines is 1. The van der Waals surface area contributed by atoms with Crippen LogP contribution < -0.4 is 10.6 Å². The normalized spacial score (nSPS) is 11.8. The van der Waals surface area contributed by atoms with E-state index in [1.807, 2.05) is 25.3 Å². The van der Waals surface area contributed by atoms with Crippen LogP contribution in [0, 0.1) is 5.92 Å². The van der Waals surface area contributed by atoms with Crippen LogP contribution in [-0.2, 0) is 16.1 Å². The van der Waals surface area contributed by atoms with Crippen LogP contribution in [0.15, 0.2) is 47.6 Å². The van der Waals surface area contributed by atoms with Gasteiger partial charge >= 0.3 is 5.97 Å². The maximum atomic E-state index is 13.0. The molecule has 1 aromatic heterocycles. The van der Waals surface area contributed by atoms with Crippen molar-refractivity contribution in [1.29, 1.82) is 0 Å². The summed E-state index contributed by atoms with van der Waals surface area (Å²) in [5.74, 6) is -0.477. The zero-order valence-corrected chi connectivity index (χ0v) is 23.1. The number of halogens is 2. The molecule has 2 N–H and O–H groups in total. The molecule has 0 saturated heterocycles. The SMILES string of the molecule is CCn1c(SCC(=O)Nc2cccc(C(=O)OC)c2)nnc1[C@H](NC(=O)c1ccc(Cl)cc1Cl)C(C)C. The van der Waals surface area contributed by atoms with Crippen molar-refractivity contribution in [1.82, 2.24) is 20.1 Å². The minimum atomic E-state index is -0.487. The number of nitrogens with one attached hydrogen (secondary N) is 2. The molecule has 0 spiro atoms. The lowest BCUT2D eigenvalue weighted by Gasteiger charge is -2.22. The Labute approximate surface area is 229 Å². The van der Waals surface area contributed by atoms with Crippen molar-refractivity contribution in [3.05, 3.63) is 69.5 Å². The van der Waals surface area contributed by atoms with Gasteiger partial charge in [-0.25, -0.2) is 4.79 Å². The smallest absolute Gasteiger partial charge is 0.337 e. The number of amides is 2. The van der Waals surface area contributed by atoms with Crippen LogP contribution in [0.3, 0.4) is 0 Å². The number of hydrogen-bond donors (Lipinski definition) is 2. The number of rotatable bonds is 10. The molecule has 0 aliphatic rings. The second kappa shape index (κ2) is 12.9. The highest BCUT2D eigenvalue weighted by Gasteiger charge is 2.27. The molecule has 0 saturated carbocycles. The van der Waals surface area contributed by atoms with Crippen molar-refractivity contribution in [2.75, 3.05) is 18.2 Å². The molecule has 196 valence electrons. The van der Waals surface area contributed by atoms with Crippen molar-refractivity contribution in [3.63, 3.8) is 0 Å². The Morgan fingerprint density at radius 2 is 1.86 bits per heavy atom. The third-order valence-electron chi connectivity index (χ3n) is 5.37. The largest absolute Gasteiger partial charge is 0.465 e. The highest BCUT2D eigenvalue weighted by atomic mass is 35.5. The lowest BCUT2D eigenvalue weighted by molar-refractivity contribution is -0.113. The Bertz CT molecular complexity index is 1300. The number of carbonyl (C=O) groups excluding carboxylic acids is 3. The van der Waals surface area contributed by atoms with Gasteiger partial charge in [0.2, 0.25) is 5.91 Å². The average molecular weight is 564 g/mol. The number of nitrogens with zero attached hydrogens (tertiary/aromatic N) is 3. The summed E-state index contributed by atoms with van der Waals surface area (Å²) in [6.45, 7) is 6.40. The van der Waals surface area contributed by atoms with E-state index in [9.17, 15) is 14.4 Å². The number of hydrogen-bond acceptors (Lipinski definition) is 7. The van der Waals surface area contributed by atoms with Crippen LogP contribution >= 0.6 is 35.0 Å². The van der Waals surface area contributed by atoms with E-state index in [2.05, 4.69) is 20.8 Å². The minimum absolute atomic E-state index is 0.00670. The Balaban J connectivity index is 1.71. The second-order valence-electron chi connectivity index (χ2n) is 8.31. The average Bonchev–Trinajstić information content (AvgIpc) is 3.27. The maximum Gasteiger partial charge on any atom is 0.337 e. The van der Waals surface area contributed by atoms with E-state index in [1.54, 1.807) is 36.4 Å². The van der Waals surface area contributed by atoms with Crippen molar-refractivity contribution in [3.8, 4) is 0 Å². The predicted octanol–water partition coefficient (Wildman–Crippen LogP) is 5.25. The summed E-state index contributed by atoms with van der Waals surface area (Å²) in [6, 6.07) is 10.7. The monoisotopic (exact) mass is 563 g/mol. The maximum absolute atomic E-state index is 13.0. The molecule has 9 nitrogen and oxygen atoms in total. The molecule has 0 bridgehead atoms. The Kier molecular flexibility index (Phi) is 9.96. The molecular formula is C25H27Cl2N5O4S. The number of esters is 1. The van der Waals surface area contributed by atoms with Crippen molar-refractivity contribution >= 4 is 58.4 Å². The summed E-state index contributed by atoms with van der Waals surface area (Å²) in [5.41, 5.74) is 1.13. The molecule has 3 aromatic rings. The molecule has 0 fully saturated rings. The minimum Gasteiger partial charge on any atom is -0.465 e. The van der Waals surface area contributed by atoms with Crippen LogP contribution in [0.1, 0.15) is 53.4 Å². The molecule has 1 heterocycles.